The van der Waals surface area contributed by atoms with E-state index in [4.69, 9.17) is 0 Å². The zero-order valence-electron chi connectivity index (χ0n) is 16.2. The first-order valence-corrected chi connectivity index (χ1v) is 9.12. The van der Waals surface area contributed by atoms with E-state index in [2.05, 4.69) is 65.7 Å². The molecule has 2 rings (SSSR count). The zero-order valence-corrected chi connectivity index (χ0v) is 16.2. The molecule has 0 saturated carbocycles. The van der Waals surface area contributed by atoms with Crippen molar-refractivity contribution in [2.45, 2.75) is 47.0 Å². The molecule has 0 atom stereocenters. The molecule has 0 bridgehead atoms. The molecular weight excluding hydrogens is 308 g/mol. The van der Waals surface area contributed by atoms with E-state index < -0.39 is 0 Å². The van der Waals surface area contributed by atoms with Gasteiger partial charge in [0, 0.05) is 36.7 Å². The van der Waals surface area contributed by atoms with Gasteiger partial charge in [-0.3, -0.25) is 0 Å². The Labute approximate surface area is 152 Å². The molecule has 4 heteroatoms. The number of hydrogen-bond acceptors (Lipinski definition) is 4. The van der Waals surface area contributed by atoms with E-state index in [9.17, 15) is 0 Å². The van der Waals surface area contributed by atoms with Gasteiger partial charge < -0.3 is 10.2 Å². The summed E-state index contributed by atoms with van der Waals surface area (Å²) in [5.74, 6) is 0.624. The van der Waals surface area contributed by atoms with Crippen molar-refractivity contribution in [3.8, 4) is 0 Å². The predicted molar refractivity (Wildman–Crippen MR) is 107 cm³/mol. The van der Waals surface area contributed by atoms with Crippen LogP contribution < -0.4 is 5.32 Å². The van der Waals surface area contributed by atoms with Crippen LogP contribution in [0.25, 0.3) is 5.70 Å². The number of benzene rings is 1. The van der Waals surface area contributed by atoms with Gasteiger partial charge in [0.2, 0.25) is 5.95 Å². The number of nitrogens with one attached hydrogen (secondary N) is 1. The fourth-order valence-electron chi connectivity index (χ4n) is 2.88. The Morgan fingerprint density at radius 2 is 1.96 bits per heavy atom. The lowest BCUT2D eigenvalue weighted by Gasteiger charge is -2.20. The van der Waals surface area contributed by atoms with Gasteiger partial charge in [-0.15, -0.1) is 0 Å². The molecule has 25 heavy (non-hydrogen) atoms. The summed E-state index contributed by atoms with van der Waals surface area (Å²) in [4.78, 5) is 11.2. The normalized spacial score (nSPS) is 10.6. The van der Waals surface area contributed by atoms with Crippen molar-refractivity contribution < 1.29 is 0 Å². The van der Waals surface area contributed by atoms with Gasteiger partial charge >= 0.3 is 0 Å². The molecule has 0 radical (unpaired) electrons. The van der Waals surface area contributed by atoms with Crippen LogP contribution in [0.2, 0.25) is 0 Å². The first-order chi connectivity index (χ1) is 12.0. The van der Waals surface area contributed by atoms with Gasteiger partial charge in [-0.2, -0.15) is 0 Å². The van der Waals surface area contributed by atoms with E-state index in [1.807, 2.05) is 20.2 Å². The number of rotatable bonds is 8. The molecule has 0 spiro atoms. The minimum atomic E-state index is 0.624. The second-order valence-electron chi connectivity index (χ2n) is 6.37. The third-order valence-electron chi connectivity index (χ3n) is 4.59. The van der Waals surface area contributed by atoms with Gasteiger partial charge in [0.1, 0.15) is 0 Å². The van der Waals surface area contributed by atoms with Gasteiger partial charge in [0.05, 0.1) is 5.69 Å². The number of aromatic nitrogens is 2. The lowest BCUT2D eigenvalue weighted by molar-refractivity contribution is 0.509. The molecule has 0 aliphatic rings. The lowest BCUT2D eigenvalue weighted by atomic mass is 10.0. The SMILES string of the molecule is C=C(c1cnc(Nc2ccc(CCC)c(CC)c2)nc1C)N(C)CC. The molecule has 1 aromatic heterocycles. The molecule has 1 N–H and O–H groups in total. The van der Waals surface area contributed by atoms with Crippen LogP contribution in [-0.2, 0) is 12.8 Å². The van der Waals surface area contributed by atoms with Crippen molar-refractivity contribution >= 4 is 17.3 Å². The lowest BCUT2D eigenvalue weighted by Crippen LogP contribution is -2.16. The van der Waals surface area contributed by atoms with E-state index in [-0.39, 0.29) is 0 Å². The maximum atomic E-state index is 4.61. The first kappa shape index (κ1) is 19.0. The Balaban J connectivity index is 2.21. The van der Waals surface area contributed by atoms with Crippen LogP contribution in [-0.4, -0.2) is 28.5 Å². The number of hydrogen-bond donors (Lipinski definition) is 1. The fourth-order valence-corrected chi connectivity index (χ4v) is 2.88. The standard InChI is InChI=1S/C21H30N4/c1-7-10-18-11-12-19(13-17(18)8-2)24-21-22-14-20(15(4)23-21)16(5)25(6)9-3/h11-14H,5,7-10H2,1-4,6H3,(H,22,23,24). The Morgan fingerprint density at radius 1 is 1.20 bits per heavy atom. The molecular formula is C21H30N4. The van der Waals surface area contributed by atoms with E-state index >= 15 is 0 Å². The first-order valence-electron chi connectivity index (χ1n) is 9.12. The molecule has 134 valence electrons. The highest BCUT2D eigenvalue weighted by Gasteiger charge is 2.10. The molecule has 1 heterocycles. The molecule has 1 aromatic carbocycles. The maximum absolute atomic E-state index is 4.61. The number of anilines is 2. The number of aryl methyl sites for hydroxylation is 3. The second-order valence-corrected chi connectivity index (χ2v) is 6.37. The van der Waals surface area contributed by atoms with Gasteiger partial charge in [-0.1, -0.05) is 32.9 Å². The summed E-state index contributed by atoms with van der Waals surface area (Å²) in [5.41, 5.74) is 6.72. The van der Waals surface area contributed by atoms with Gasteiger partial charge in [-0.05, 0) is 49.9 Å². The second kappa shape index (κ2) is 8.65. The van der Waals surface area contributed by atoms with Crippen molar-refractivity contribution in [3.63, 3.8) is 0 Å². The fraction of sp³-hybridized carbons (Fsp3) is 0.429. The Bertz CT molecular complexity index is 737. The van der Waals surface area contributed by atoms with Crippen LogP contribution in [0.15, 0.2) is 31.0 Å². The monoisotopic (exact) mass is 338 g/mol. The van der Waals surface area contributed by atoms with E-state index in [0.717, 1.165) is 42.0 Å². The van der Waals surface area contributed by atoms with Crippen LogP contribution in [0.5, 0.6) is 0 Å². The van der Waals surface area contributed by atoms with Crippen molar-refractivity contribution in [1.29, 1.82) is 0 Å². The molecule has 0 unspecified atom stereocenters. The van der Waals surface area contributed by atoms with Crippen molar-refractivity contribution in [1.82, 2.24) is 14.9 Å². The van der Waals surface area contributed by atoms with Crippen molar-refractivity contribution in [2.24, 2.45) is 0 Å². The van der Waals surface area contributed by atoms with E-state index in [0.29, 0.717) is 5.95 Å². The van der Waals surface area contributed by atoms with E-state index in [1.54, 1.807) is 0 Å². The van der Waals surface area contributed by atoms with Crippen LogP contribution in [0.3, 0.4) is 0 Å². The van der Waals surface area contributed by atoms with E-state index in [1.165, 1.54) is 17.5 Å². The Morgan fingerprint density at radius 3 is 2.56 bits per heavy atom. The summed E-state index contributed by atoms with van der Waals surface area (Å²) in [6.45, 7) is 13.6. The van der Waals surface area contributed by atoms with Crippen LogP contribution in [0, 0.1) is 6.92 Å². The average molecular weight is 338 g/mol. The Kier molecular flexibility index (Phi) is 6.57. The molecule has 0 amide bonds. The van der Waals surface area contributed by atoms with Crippen LogP contribution in [0.4, 0.5) is 11.6 Å². The smallest absolute Gasteiger partial charge is 0.227 e. The van der Waals surface area contributed by atoms with Crippen molar-refractivity contribution in [2.75, 3.05) is 18.9 Å². The van der Waals surface area contributed by atoms with Crippen molar-refractivity contribution in [3.05, 3.63) is 53.4 Å². The van der Waals surface area contributed by atoms with Crippen LogP contribution in [0.1, 0.15) is 49.6 Å². The highest BCUT2D eigenvalue weighted by molar-refractivity contribution is 5.64. The summed E-state index contributed by atoms with van der Waals surface area (Å²) in [5, 5.41) is 3.33. The molecule has 0 saturated heterocycles. The highest BCUT2D eigenvalue weighted by Crippen LogP contribution is 2.22. The van der Waals surface area contributed by atoms with Gasteiger partial charge in [0.15, 0.2) is 0 Å². The third kappa shape index (κ3) is 4.59. The summed E-state index contributed by atoms with van der Waals surface area (Å²) < 4.78 is 0. The summed E-state index contributed by atoms with van der Waals surface area (Å²) >= 11 is 0. The molecule has 0 aliphatic carbocycles. The quantitative estimate of drug-likeness (QED) is 0.738. The summed E-state index contributed by atoms with van der Waals surface area (Å²) in [7, 11) is 2.03. The average Bonchev–Trinajstić information content (AvgIpc) is 2.62. The zero-order chi connectivity index (χ0) is 18.4. The molecule has 2 aromatic rings. The minimum absolute atomic E-state index is 0.624. The highest BCUT2D eigenvalue weighted by atomic mass is 15.1. The maximum Gasteiger partial charge on any atom is 0.227 e. The summed E-state index contributed by atoms with van der Waals surface area (Å²) in [6.07, 6.45) is 5.18. The Hall–Kier alpha value is -2.36. The third-order valence-corrected chi connectivity index (χ3v) is 4.59. The van der Waals surface area contributed by atoms with Gasteiger partial charge in [0.25, 0.3) is 0 Å². The van der Waals surface area contributed by atoms with Crippen LogP contribution >= 0.6 is 0 Å². The molecule has 0 fully saturated rings. The predicted octanol–water partition coefficient (Wildman–Crippen LogP) is 4.97. The summed E-state index contributed by atoms with van der Waals surface area (Å²) in [6, 6.07) is 6.53. The topological polar surface area (TPSA) is 41.1 Å². The van der Waals surface area contributed by atoms with Gasteiger partial charge in [-0.25, -0.2) is 9.97 Å². The minimum Gasteiger partial charge on any atom is -0.375 e. The largest absolute Gasteiger partial charge is 0.375 e. The molecule has 4 nitrogen and oxygen atoms in total. The number of nitrogens with zero attached hydrogens (tertiary/aromatic N) is 3. The molecule has 0 aliphatic heterocycles.